The third-order valence-corrected chi connectivity index (χ3v) is 8.47. The molecule has 5 aromatic rings. The van der Waals surface area contributed by atoms with Gasteiger partial charge in [0.1, 0.15) is 0 Å². The Labute approximate surface area is 239 Å². The summed E-state index contributed by atoms with van der Waals surface area (Å²) in [6.07, 6.45) is 2.41. The van der Waals surface area contributed by atoms with Gasteiger partial charge in [-0.3, -0.25) is 9.59 Å². The van der Waals surface area contributed by atoms with Gasteiger partial charge in [-0.25, -0.2) is 18.4 Å². The highest BCUT2D eigenvalue weighted by Gasteiger charge is 2.25. The molecule has 0 N–H and O–H groups in total. The molecule has 4 aromatic carbocycles. The fourth-order valence-electron chi connectivity index (χ4n) is 4.52. The van der Waals surface area contributed by atoms with Gasteiger partial charge in [-0.05, 0) is 52.2 Å². The van der Waals surface area contributed by atoms with Gasteiger partial charge in [-0.1, -0.05) is 72.8 Å². The number of hydrogen-bond acceptors (Lipinski definition) is 6. The minimum absolute atomic E-state index is 0.0439. The van der Waals surface area contributed by atoms with E-state index in [4.69, 9.17) is 0 Å². The number of Topliss-reactive ketones (excluding diaryl/α,β-unsaturated/α-hetero) is 1. The summed E-state index contributed by atoms with van der Waals surface area (Å²) < 4.78 is 28.3. The summed E-state index contributed by atoms with van der Waals surface area (Å²) in [4.78, 5) is 35.9. The minimum Gasteiger partial charge on any atom is -0.308 e. The van der Waals surface area contributed by atoms with Gasteiger partial charge in [-0.2, -0.15) is 4.31 Å². The molecule has 0 saturated carbocycles. The van der Waals surface area contributed by atoms with Gasteiger partial charge in [0.15, 0.2) is 5.82 Å². The molecule has 1 heterocycles. The van der Waals surface area contributed by atoms with Crippen LogP contribution in [0.3, 0.4) is 0 Å². The van der Waals surface area contributed by atoms with E-state index < -0.39 is 28.1 Å². The zero-order valence-electron chi connectivity index (χ0n) is 22.4. The van der Waals surface area contributed by atoms with E-state index in [1.807, 2.05) is 72.8 Å². The average Bonchev–Trinajstić information content (AvgIpc) is 3.00. The van der Waals surface area contributed by atoms with Gasteiger partial charge in [0.25, 0.3) is 0 Å². The summed E-state index contributed by atoms with van der Waals surface area (Å²) in [6, 6.07) is 30.9. The normalized spacial score (nSPS) is 11.5. The highest BCUT2D eigenvalue weighted by atomic mass is 32.2. The van der Waals surface area contributed by atoms with Crippen molar-refractivity contribution in [1.29, 1.82) is 0 Å². The van der Waals surface area contributed by atoms with Crippen molar-refractivity contribution in [2.24, 2.45) is 0 Å². The number of carbonyl (C=O) groups excluding carboxylic acids is 2. The number of benzene rings is 4. The number of carbonyl (C=O) groups is 2. The lowest BCUT2D eigenvalue weighted by Gasteiger charge is -2.24. The second-order valence-corrected chi connectivity index (χ2v) is 11.6. The van der Waals surface area contributed by atoms with Crippen molar-refractivity contribution in [3.05, 3.63) is 132 Å². The fraction of sp³-hybridized carbons (Fsp3) is 0.125. The molecular formula is C32H28N4O4S. The van der Waals surface area contributed by atoms with Crippen LogP contribution < -0.4 is 4.90 Å². The van der Waals surface area contributed by atoms with E-state index >= 15 is 0 Å². The van der Waals surface area contributed by atoms with Crippen LogP contribution in [-0.2, 0) is 27.9 Å². The Morgan fingerprint density at radius 2 is 1.41 bits per heavy atom. The van der Waals surface area contributed by atoms with Crippen LogP contribution in [0.4, 0.5) is 5.69 Å². The molecule has 9 heteroatoms. The third-order valence-electron chi connectivity index (χ3n) is 6.67. The van der Waals surface area contributed by atoms with E-state index in [1.54, 1.807) is 18.2 Å². The molecule has 206 valence electrons. The minimum atomic E-state index is -3.88. The predicted molar refractivity (Wildman–Crippen MR) is 158 cm³/mol. The number of hydrogen-bond donors (Lipinski definition) is 0. The summed E-state index contributed by atoms with van der Waals surface area (Å²) in [7, 11) is -2.36. The second kappa shape index (κ2) is 12.2. The summed E-state index contributed by atoms with van der Waals surface area (Å²) in [5.41, 5.74) is 2.04. The first kappa shape index (κ1) is 27.8. The van der Waals surface area contributed by atoms with Crippen LogP contribution in [0.2, 0.25) is 0 Å². The van der Waals surface area contributed by atoms with Crippen molar-refractivity contribution in [2.45, 2.75) is 24.4 Å². The third kappa shape index (κ3) is 6.54. The Morgan fingerprint density at radius 1 is 0.707 bits per heavy atom. The molecule has 0 atom stereocenters. The first-order valence-corrected chi connectivity index (χ1v) is 14.4. The molecule has 1 amide bonds. The SMILES string of the molecule is CN(Cc1ccccc1)S(=O)(=O)c1cccc(N(Cc2ccc3ccccc3c2)C(=O)CC(=O)c2ncccn2)c1. The first-order chi connectivity index (χ1) is 19.8. The molecule has 0 aliphatic rings. The number of anilines is 1. The number of aromatic nitrogens is 2. The lowest BCUT2D eigenvalue weighted by Crippen LogP contribution is -2.33. The van der Waals surface area contributed by atoms with Gasteiger partial charge in [0, 0.05) is 31.7 Å². The van der Waals surface area contributed by atoms with Crippen LogP contribution in [0, 0.1) is 0 Å². The second-order valence-electron chi connectivity index (χ2n) is 9.58. The van der Waals surface area contributed by atoms with Gasteiger partial charge in [-0.15, -0.1) is 0 Å². The standard InChI is InChI=1S/C32H28N4O4S/c1-35(22-24-9-3-2-4-10-24)41(39,40)29-14-7-13-28(20-29)36(31(38)21-30(37)32-33-17-8-18-34-32)23-25-15-16-26-11-5-6-12-27(26)19-25/h2-20H,21-23H2,1H3. The topological polar surface area (TPSA) is 101 Å². The van der Waals surface area contributed by atoms with Crippen LogP contribution in [0.5, 0.6) is 0 Å². The number of nitrogens with zero attached hydrogens (tertiary/aromatic N) is 4. The van der Waals surface area contributed by atoms with Crippen molar-refractivity contribution in [3.63, 3.8) is 0 Å². The quantitative estimate of drug-likeness (QED) is 0.170. The highest BCUT2D eigenvalue weighted by molar-refractivity contribution is 7.89. The molecule has 0 spiro atoms. The van der Waals surface area contributed by atoms with E-state index in [0.717, 1.165) is 21.9 Å². The molecule has 0 fully saturated rings. The Balaban J connectivity index is 1.47. The smallest absolute Gasteiger partial charge is 0.243 e. The zero-order chi connectivity index (χ0) is 28.8. The van der Waals surface area contributed by atoms with E-state index in [-0.39, 0.29) is 23.8 Å². The van der Waals surface area contributed by atoms with E-state index in [0.29, 0.717) is 5.69 Å². The van der Waals surface area contributed by atoms with Crippen LogP contribution in [0.25, 0.3) is 10.8 Å². The monoisotopic (exact) mass is 564 g/mol. The molecule has 0 aliphatic carbocycles. The lowest BCUT2D eigenvalue weighted by molar-refractivity contribution is -0.117. The maximum Gasteiger partial charge on any atom is 0.243 e. The van der Waals surface area contributed by atoms with Gasteiger partial charge in [0.2, 0.25) is 21.7 Å². The maximum atomic E-state index is 13.6. The number of fused-ring (bicyclic) bond motifs is 1. The van der Waals surface area contributed by atoms with Gasteiger partial charge in [0.05, 0.1) is 17.9 Å². The summed E-state index contributed by atoms with van der Waals surface area (Å²) >= 11 is 0. The van der Waals surface area contributed by atoms with Crippen molar-refractivity contribution >= 4 is 38.2 Å². The van der Waals surface area contributed by atoms with Crippen LogP contribution in [0.15, 0.2) is 120 Å². The van der Waals surface area contributed by atoms with Gasteiger partial charge >= 0.3 is 0 Å². The van der Waals surface area contributed by atoms with Crippen LogP contribution in [-0.4, -0.2) is 41.4 Å². The van der Waals surface area contributed by atoms with E-state index in [1.165, 1.54) is 40.8 Å². The van der Waals surface area contributed by atoms with Gasteiger partial charge < -0.3 is 4.90 Å². The number of rotatable bonds is 10. The number of ketones is 1. The first-order valence-electron chi connectivity index (χ1n) is 13.0. The average molecular weight is 565 g/mol. The lowest BCUT2D eigenvalue weighted by atomic mass is 10.1. The highest BCUT2D eigenvalue weighted by Crippen LogP contribution is 2.26. The van der Waals surface area contributed by atoms with Crippen molar-refractivity contribution < 1.29 is 18.0 Å². The fourth-order valence-corrected chi connectivity index (χ4v) is 5.71. The largest absolute Gasteiger partial charge is 0.308 e. The van der Waals surface area contributed by atoms with Crippen molar-refractivity contribution in [3.8, 4) is 0 Å². The zero-order valence-corrected chi connectivity index (χ0v) is 23.2. The molecular weight excluding hydrogens is 536 g/mol. The molecule has 0 saturated heterocycles. The predicted octanol–water partition coefficient (Wildman–Crippen LogP) is 5.26. The molecule has 0 unspecified atom stereocenters. The molecule has 41 heavy (non-hydrogen) atoms. The molecule has 0 aliphatic heterocycles. The summed E-state index contributed by atoms with van der Waals surface area (Å²) in [6.45, 7) is 0.328. The summed E-state index contributed by atoms with van der Waals surface area (Å²) in [5.74, 6) is -1.07. The van der Waals surface area contributed by atoms with E-state index in [9.17, 15) is 18.0 Å². The van der Waals surface area contributed by atoms with Crippen LogP contribution in [0.1, 0.15) is 28.2 Å². The van der Waals surface area contributed by atoms with Crippen molar-refractivity contribution in [2.75, 3.05) is 11.9 Å². The number of sulfonamides is 1. The molecule has 1 aromatic heterocycles. The van der Waals surface area contributed by atoms with Crippen LogP contribution >= 0.6 is 0 Å². The molecule has 8 nitrogen and oxygen atoms in total. The molecule has 0 radical (unpaired) electrons. The molecule has 0 bridgehead atoms. The van der Waals surface area contributed by atoms with E-state index in [2.05, 4.69) is 9.97 Å². The van der Waals surface area contributed by atoms with Crippen molar-refractivity contribution in [1.82, 2.24) is 14.3 Å². The Morgan fingerprint density at radius 3 is 2.17 bits per heavy atom. The Kier molecular flexibility index (Phi) is 8.28. The summed E-state index contributed by atoms with van der Waals surface area (Å²) in [5, 5.41) is 2.06. The Bertz CT molecular complexity index is 1800. The maximum absolute atomic E-state index is 13.6. The number of amides is 1. The molecule has 5 rings (SSSR count). The Hall–Kier alpha value is -4.73.